The molecule has 8 heteroatoms. The highest BCUT2D eigenvalue weighted by Gasteiger charge is 2.29. The number of aryl methyl sites for hydroxylation is 1. The maximum absolute atomic E-state index is 13.5. The molecule has 1 fully saturated rings. The van der Waals surface area contributed by atoms with E-state index in [0.717, 1.165) is 42.0 Å². The van der Waals surface area contributed by atoms with Crippen LogP contribution in [0, 0.1) is 12.8 Å². The first-order chi connectivity index (χ1) is 17.0. The number of nitrogens with zero attached hydrogens (tertiary/aromatic N) is 3. The van der Waals surface area contributed by atoms with Crippen LogP contribution in [0.25, 0.3) is 15.9 Å². The van der Waals surface area contributed by atoms with Crippen LogP contribution in [0.3, 0.4) is 0 Å². The minimum Gasteiger partial charge on any atom is -0.497 e. The van der Waals surface area contributed by atoms with E-state index in [-0.39, 0.29) is 17.4 Å². The first-order valence-electron chi connectivity index (χ1n) is 11.8. The number of nitrogens with one attached hydrogen (secondary N) is 1. The highest BCUT2D eigenvalue weighted by Crippen LogP contribution is 2.27. The monoisotopic (exact) mass is 488 g/mol. The molecule has 0 radical (unpaired) electrons. The van der Waals surface area contributed by atoms with Gasteiger partial charge in [0.1, 0.15) is 10.4 Å². The summed E-state index contributed by atoms with van der Waals surface area (Å²) in [6.45, 7) is 3.75. The van der Waals surface area contributed by atoms with Crippen molar-refractivity contribution in [3.05, 3.63) is 81.5 Å². The van der Waals surface area contributed by atoms with Gasteiger partial charge >= 0.3 is 0 Å². The Bertz CT molecular complexity index is 1390. The van der Waals surface area contributed by atoms with E-state index in [4.69, 9.17) is 9.72 Å². The molecule has 0 spiro atoms. The predicted molar refractivity (Wildman–Crippen MR) is 140 cm³/mol. The SMILES string of the molecule is COc1ccc(CNC(=O)[C@@H]2CCCN(c3nc4ccsc4c(=O)n3-c3ccc(C)cc3)C2)cc1. The summed E-state index contributed by atoms with van der Waals surface area (Å²) in [6.07, 6.45) is 1.66. The molecule has 0 bridgehead atoms. The van der Waals surface area contributed by atoms with Crippen LogP contribution in [0.2, 0.25) is 0 Å². The highest BCUT2D eigenvalue weighted by molar-refractivity contribution is 7.17. The molecule has 3 heterocycles. The van der Waals surface area contributed by atoms with Gasteiger partial charge in [-0.3, -0.25) is 9.59 Å². The number of fused-ring (bicyclic) bond motifs is 1. The number of anilines is 1. The first kappa shape index (κ1) is 23.1. The van der Waals surface area contributed by atoms with E-state index in [2.05, 4.69) is 10.2 Å². The van der Waals surface area contributed by atoms with Gasteiger partial charge in [0.2, 0.25) is 11.9 Å². The molecule has 1 amide bonds. The summed E-state index contributed by atoms with van der Waals surface area (Å²) in [5.41, 5.74) is 3.55. The quantitative estimate of drug-likeness (QED) is 0.438. The van der Waals surface area contributed by atoms with Crippen LogP contribution >= 0.6 is 11.3 Å². The normalized spacial score (nSPS) is 15.8. The summed E-state index contributed by atoms with van der Waals surface area (Å²) >= 11 is 1.41. The second kappa shape index (κ2) is 9.92. The van der Waals surface area contributed by atoms with Crippen LogP contribution in [0.1, 0.15) is 24.0 Å². The van der Waals surface area contributed by atoms with Crippen molar-refractivity contribution in [1.29, 1.82) is 0 Å². The number of carbonyl (C=O) groups excluding carboxylic acids is 1. The zero-order chi connectivity index (χ0) is 24.4. The maximum atomic E-state index is 13.5. The summed E-state index contributed by atoms with van der Waals surface area (Å²) in [5, 5.41) is 4.97. The van der Waals surface area contributed by atoms with E-state index in [1.165, 1.54) is 11.3 Å². The number of ether oxygens (including phenoxy) is 1. The number of hydrogen-bond donors (Lipinski definition) is 1. The van der Waals surface area contributed by atoms with E-state index in [1.54, 1.807) is 11.7 Å². The van der Waals surface area contributed by atoms with Crippen LogP contribution in [-0.4, -0.2) is 35.7 Å². The van der Waals surface area contributed by atoms with Gasteiger partial charge in [-0.15, -0.1) is 11.3 Å². The molecule has 35 heavy (non-hydrogen) atoms. The van der Waals surface area contributed by atoms with E-state index in [0.29, 0.717) is 29.3 Å². The van der Waals surface area contributed by atoms with Crippen molar-refractivity contribution in [3.8, 4) is 11.4 Å². The highest BCUT2D eigenvalue weighted by atomic mass is 32.1. The Morgan fingerprint density at radius 3 is 2.66 bits per heavy atom. The molecule has 0 aliphatic carbocycles. The number of piperidine rings is 1. The first-order valence-corrected chi connectivity index (χ1v) is 12.6. The van der Waals surface area contributed by atoms with Gasteiger partial charge in [0.25, 0.3) is 5.56 Å². The third kappa shape index (κ3) is 4.79. The smallest absolute Gasteiger partial charge is 0.277 e. The van der Waals surface area contributed by atoms with Crippen molar-refractivity contribution < 1.29 is 9.53 Å². The number of thiophene rings is 1. The van der Waals surface area contributed by atoms with Crippen LogP contribution in [-0.2, 0) is 11.3 Å². The van der Waals surface area contributed by atoms with Crippen LogP contribution in [0.4, 0.5) is 5.95 Å². The minimum absolute atomic E-state index is 0.0198. The van der Waals surface area contributed by atoms with E-state index in [9.17, 15) is 9.59 Å². The van der Waals surface area contributed by atoms with Gasteiger partial charge in [-0.25, -0.2) is 9.55 Å². The number of hydrogen-bond acceptors (Lipinski definition) is 6. The standard InChI is InChI=1S/C27H28N4O3S/c1-18-5-9-21(10-6-18)31-26(33)24-23(13-15-35-24)29-27(31)30-14-3-4-20(17-30)25(32)28-16-19-7-11-22(34-2)12-8-19/h5-13,15,20H,3-4,14,16-17H2,1-2H3,(H,28,32)/t20-/m1/s1. The molecule has 1 saturated heterocycles. The lowest BCUT2D eigenvalue weighted by molar-refractivity contribution is -0.125. The molecule has 5 rings (SSSR count). The average molecular weight is 489 g/mol. The molecule has 0 saturated carbocycles. The second-order valence-corrected chi connectivity index (χ2v) is 9.79. The van der Waals surface area contributed by atoms with Gasteiger partial charge < -0.3 is 15.0 Å². The summed E-state index contributed by atoms with van der Waals surface area (Å²) in [6, 6.07) is 17.5. The fourth-order valence-electron chi connectivity index (χ4n) is 4.49. The maximum Gasteiger partial charge on any atom is 0.277 e. The molecule has 2 aromatic heterocycles. The van der Waals surface area contributed by atoms with E-state index >= 15 is 0 Å². The third-order valence-corrected chi connectivity index (χ3v) is 7.35. The van der Waals surface area contributed by atoms with Gasteiger partial charge in [-0.1, -0.05) is 29.8 Å². The molecule has 2 aromatic carbocycles. The Morgan fingerprint density at radius 2 is 1.91 bits per heavy atom. The van der Waals surface area contributed by atoms with E-state index in [1.807, 2.05) is 66.9 Å². The summed E-state index contributed by atoms with van der Waals surface area (Å²) in [7, 11) is 1.63. The van der Waals surface area contributed by atoms with Gasteiger partial charge in [0, 0.05) is 19.6 Å². The summed E-state index contributed by atoms with van der Waals surface area (Å²) < 4.78 is 7.53. The third-order valence-electron chi connectivity index (χ3n) is 6.46. The van der Waals surface area contributed by atoms with Gasteiger partial charge in [0.15, 0.2) is 0 Å². The molecule has 1 aliphatic rings. The Hall–Kier alpha value is -3.65. The molecule has 4 aromatic rings. The molecule has 1 atom stereocenters. The van der Waals surface area contributed by atoms with Crippen LogP contribution in [0.5, 0.6) is 5.75 Å². The van der Waals surface area contributed by atoms with Crippen molar-refractivity contribution in [3.63, 3.8) is 0 Å². The average Bonchev–Trinajstić information content (AvgIpc) is 3.37. The molecule has 7 nitrogen and oxygen atoms in total. The Labute approximate surface area is 208 Å². The number of carbonyl (C=O) groups is 1. The molecule has 1 N–H and O–H groups in total. The van der Waals surface area contributed by atoms with Crippen molar-refractivity contribution >= 4 is 33.4 Å². The number of aromatic nitrogens is 2. The fourth-order valence-corrected chi connectivity index (χ4v) is 5.25. The fraction of sp³-hybridized carbons (Fsp3) is 0.296. The predicted octanol–water partition coefficient (Wildman–Crippen LogP) is 4.30. The molecular weight excluding hydrogens is 460 g/mol. The number of benzene rings is 2. The Balaban J connectivity index is 1.39. The topological polar surface area (TPSA) is 76.5 Å². The zero-order valence-corrected chi connectivity index (χ0v) is 20.7. The molecule has 180 valence electrons. The number of rotatable bonds is 6. The largest absolute Gasteiger partial charge is 0.497 e. The lowest BCUT2D eigenvalue weighted by Gasteiger charge is -2.34. The van der Waals surface area contributed by atoms with Gasteiger partial charge in [-0.05, 0) is 61.0 Å². The lowest BCUT2D eigenvalue weighted by Crippen LogP contribution is -2.45. The molecular formula is C27H28N4O3S. The number of methoxy groups -OCH3 is 1. The van der Waals surface area contributed by atoms with Crippen LogP contribution < -0.4 is 20.5 Å². The second-order valence-electron chi connectivity index (χ2n) is 8.87. The molecule has 1 aliphatic heterocycles. The Kier molecular flexibility index (Phi) is 6.55. The van der Waals surface area contributed by atoms with Crippen molar-refractivity contribution in [2.24, 2.45) is 5.92 Å². The zero-order valence-electron chi connectivity index (χ0n) is 19.9. The van der Waals surface area contributed by atoms with E-state index < -0.39 is 0 Å². The van der Waals surface area contributed by atoms with Crippen molar-refractivity contribution in [2.75, 3.05) is 25.1 Å². The van der Waals surface area contributed by atoms with Crippen molar-refractivity contribution in [1.82, 2.24) is 14.9 Å². The van der Waals surface area contributed by atoms with Crippen LogP contribution in [0.15, 0.2) is 64.8 Å². The Morgan fingerprint density at radius 1 is 1.14 bits per heavy atom. The minimum atomic E-state index is -0.177. The lowest BCUT2D eigenvalue weighted by atomic mass is 9.97. The van der Waals surface area contributed by atoms with Gasteiger partial charge in [0.05, 0.1) is 24.2 Å². The summed E-state index contributed by atoms with van der Waals surface area (Å²) in [4.78, 5) is 33.5. The summed E-state index contributed by atoms with van der Waals surface area (Å²) in [5.74, 6) is 1.23. The van der Waals surface area contributed by atoms with Gasteiger partial charge in [-0.2, -0.15) is 0 Å². The number of amides is 1. The van der Waals surface area contributed by atoms with Crippen molar-refractivity contribution in [2.45, 2.75) is 26.3 Å². The molecule has 0 unspecified atom stereocenters.